The summed E-state index contributed by atoms with van der Waals surface area (Å²) in [7, 11) is -3.47. The first-order valence-corrected chi connectivity index (χ1v) is 11.5. The Morgan fingerprint density at radius 3 is 2.43 bits per heavy atom. The molecule has 0 aromatic heterocycles. The van der Waals surface area contributed by atoms with E-state index in [-0.39, 0.29) is 10.8 Å². The van der Waals surface area contributed by atoms with Crippen LogP contribution in [0.3, 0.4) is 0 Å². The van der Waals surface area contributed by atoms with Crippen molar-refractivity contribution in [2.75, 3.05) is 45.9 Å². The normalized spacial score (nSPS) is 15.9. The van der Waals surface area contributed by atoms with E-state index in [0.717, 1.165) is 18.7 Å². The third-order valence-corrected chi connectivity index (χ3v) is 6.94. The van der Waals surface area contributed by atoms with Crippen LogP contribution in [0.4, 0.5) is 0 Å². The highest BCUT2D eigenvalue weighted by molar-refractivity contribution is 7.89. The molecule has 1 heterocycles. The zero-order valence-corrected chi connectivity index (χ0v) is 18.0. The van der Waals surface area contributed by atoms with E-state index in [0.29, 0.717) is 51.7 Å². The molecule has 1 aliphatic heterocycles. The van der Waals surface area contributed by atoms with Gasteiger partial charge in [-0.05, 0) is 44.5 Å². The molecular formula is C20H33N3O4S. The number of amides is 1. The predicted octanol–water partition coefficient (Wildman–Crippen LogP) is 1.49. The molecule has 0 radical (unpaired) electrons. The SMILES string of the molecule is CCN(CCNC(=O)CCc1ccc(S(=O)(=O)N2CCOCC2)cc1)C(C)C. The third kappa shape index (κ3) is 6.55. The van der Waals surface area contributed by atoms with Crippen LogP contribution in [0.25, 0.3) is 0 Å². The van der Waals surface area contributed by atoms with E-state index in [9.17, 15) is 13.2 Å². The number of carbonyl (C=O) groups excluding carboxylic acids is 1. The van der Waals surface area contributed by atoms with Crippen LogP contribution >= 0.6 is 0 Å². The summed E-state index contributed by atoms with van der Waals surface area (Å²) >= 11 is 0. The number of benzene rings is 1. The van der Waals surface area contributed by atoms with E-state index >= 15 is 0 Å². The lowest BCUT2D eigenvalue weighted by Crippen LogP contribution is -2.40. The molecule has 1 N–H and O–H groups in total. The number of nitrogens with one attached hydrogen (secondary N) is 1. The van der Waals surface area contributed by atoms with Gasteiger partial charge in [-0.3, -0.25) is 9.69 Å². The molecule has 0 bridgehead atoms. The van der Waals surface area contributed by atoms with Gasteiger partial charge in [0, 0.05) is 38.6 Å². The number of hydrogen-bond donors (Lipinski definition) is 1. The maximum Gasteiger partial charge on any atom is 0.243 e. The number of rotatable bonds is 10. The average molecular weight is 412 g/mol. The van der Waals surface area contributed by atoms with Gasteiger partial charge in [-0.2, -0.15) is 4.31 Å². The Morgan fingerprint density at radius 1 is 1.21 bits per heavy atom. The summed E-state index contributed by atoms with van der Waals surface area (Å²) < 4.78 is 31.9. The summed E-state index contributed by atoms with van der Waals surface area (Å²) in [4.78, 5) is 14.6. The van der Waals surface area contributed by atoms with Crippen molar-refractivity contribution in [2.24, 2.45) is 0 Å². The lowest BCUT2D eigenvalue weighted by Gasteiger charge is -2.26. The largest absolute Gasteiger partial charge is 0.379 e. The van der Waals surface area contributed by atoms with Crippen molar-refractivity contribution in [3.8, 4) is 0 Å². The quantitative estimate of drug-likeness (QED) is 0.631. The van der Waals surface area contributed by atoms with Gasteiger partial charge in [-0.25, -0.2) is 8.42 Å². The Balaban J connectivity index is 1.80. The fraction of sp³-hybridized carbons (Fsp3) is 0.650. The number of aryl methyl sites for hydroxylation is 1. The van der Waals surface area contributed by atoms with Gasteiger partial charge in [0.15, 0.2) is 0 Å². The minimum absolute atomic E-state index is 0.0184. The molecule has 1 saturated heterocycles. The van der Waals surface area contributed by atoms with Crippen LogP contribution in [0.2, 0.25) is 0 Å². The molecular weight excluding hydrogens is 378 g/mol. The van der Waals surface area contributed by atoms with Crippen molar-refractivity contribution in [1.29, 1.82) is 0 Å². The molecule has 0 spiro atoms. The maximum absolute atomic E-state index is 12.6. The number of morpholine rings is 1. The first-order valence-electron chi connectivity index (χ1n) is 10.0. The van der Waals surface area contributed by atoms with Crippen LogP contribution in [0.5, 0.6) is 0 Å². The Hall–Kier alpha value is -1.48. The number of hydrogen-bond acceptors (Lipinski definition) is 5. The number of ether oxygens (including phenoxy) is 1. The maximum atomic E-state index is 12.6. The molecule has 0 saturated carbocycles. The van der Waals surface area contributed by atoms with Crippen LogP contribution < -0.4 is 5.32 Å². The topological polar surface area (TPSA) is 79.0 Å². The predicted molar refractivity (Wildman–Crippen MR) is 110 cm³/mol. The molecule has 1 aliphatic rings. The second kappa shape index (κ2) is 10.9. The van der Waals surface area contributed by atoms with Crippen LogP contribution in [0.15, 0.2) is 29.2 Å². The smallest absolute Gasteiger partial charge is 0.243 e. The summed E-state index contributed by atoms with van der Waals surface area (Å²) in [5.74, 6) is 0.0184. The van der Waals surface area contributed by atoms with Gasteiger partial charge in [0.2, 0.25) is 15.9 Å². The monoisotopic (exact) mass is 411 g/mol. The number of carbonyl (C=O) groups is 1. The van der Waals surface area contributed by atoms with E-state index in [1.54, 1.807) is 24.3 Å². The molecule has 28 heavy (non-hydrogen) atoms. The molecule has 1 aromatic carbocycles. The summed E-state index contributed by atoms with van der Waals surface area (Å²) in [6, 6.07) is 7.30. The van der Waals surface area contributed by atoms with E-state index in [1.165, 1.54) is 4.31 Å². The number of likely N-dealkylation sites (N-methyl/N-ethyl adjacent to an activating group) is 1. The minimum atomic E-state index is -3.47. The molecule has 8 heteroatoms. The summed E-state index contributed by atoms with van der Waals surface area (Å²) in [5, 5.41) is 2.96. The lowest BCUT2D eigenvalue weighted by molar-refractivity contribution is -0.121. The molecule has 2 rings (SSSR count). The van der Waals surface area contributed by atoms with Gasteiger partial charge in [-0.1, -0.05) is 19.1 Å². The summed E-state index contributed by atoms with van der Waals surface area (Å²) in [5.41, 5.74) is 0.952. The first kappa shape index (κ1) is 22.8. The molecule has 1 fully saturated rings. The zero-order chi connectivity index (χ0) is 20.6. The number of sulfonamides is 1. The second-order valence-corrected chi connectivity index (χ2v) is 9.17. The lowest BCUT2D eigenvalue weighted by atomic mass is 10.1. The van der Waals surface area contributed by atoms with E-state index < -0.39 is 10.0 Å². The zero-order valence-electron chi connectivity index (χ0n) is 17.2. The highest BCUT2D eigenvalue weighted by Gasteiger charge is 2.26. The van der Waals surface area contributed by atoms with E-state index in [1.807, 2.05) is 0 Å². The van der Waals surface area contributed by atoms with Crippen LogP contribution in [0.1, 0.15) is 32.8 Å². The fourth-order valence-corrected chi connectivity index (χ4v) is 4.64. The Morgan fingerprint density at radius 2 is 1.86 bits per heavy atom. The summed E-state index contributed by atoms with van der Waals surface area (Å²) in [6.45, 7) is 10.5. The van der Waals surface area contributed by atoms with Crippen molar-refractivity contribution >= 4 is 15.9 Å². The van der Waals surface area contributed by atoms with Crippen molar-refractivity contribution in [1.82, 2.24) is 14.5 Å². The molecule has 0 aliphatic carbocycles. The molecule has 0 unspecified atom stereocenters. The van der Waals surface area contributed by atoms with Crippen LogP contribution in [-0.2, 0) is 26.0 Å². The van der Waals surface area contributed by atoms with Gasteiger partial charge >= 0.3 is 0 Å². The van der Waals surface area contributed by atoms with Crippen molar-refractivity contribution < 1.29 is 17.9 Å². The molecule has 7 nitrogen and oxygen atoms in total. The fourth-order valence-electron chi connectivity index (χ4n) is 3.23. The number of nitrogens with zero attached hydrogens (tertiary/aromatic N) is 2. The van der Waals surface area contributed by atoms with E-state index in [4.69, 9.17) is 4.74 Å². The van der Waals surface area contributed by atoms with Gasteiger partial charge in [0.1, 0.15) is 0 Å². The molecule has 1 aromatic rings. The average Bonchev–Trinajstić information content (AvgIpc) is 2.70. The highest BCUT2D eigenvalue weighted by Crippen LogP contribution is 2.18. The minimum Gasteiger partial charge on any atom is -0.379 e. The van der Waals surface area contributed by atoms with Crippen molar-refractivity contribution in [3.05, 3.63) is 29.8 Å². The van der Waals surface area contributed by atoms with E-state index in [2.05, 4.69) is 31.0 Å². The van der Waals surface area contributed by atoms with Gasteiger partial charge in [-0.15, -0.1) is 0 Å². The first-order chi connectivity index (χ1) is 13.3. The van der Waals surface area contributed by atoms with Crippen LogP contribution in [0, 0.1) is 0 Å². The standard InChI is InChI=1S/C20H33N3O4S/c1-4-22(17(2)3)12-11-21-20(24)10-7-18-5-8-19(9-6-18)28(25,26)23-13-15-27-16-14-23/h5-6,8-9,17H,4,7,10-16H2,1-3H3,(H,21,24). The highest BCUT2D eigenvalue weighted by atomic mass is 32.2. The molecule has 0 atom stereocenters. The Bertz CT molecular complexity index is 713. The van der Waals surface area contributed by atoms with Crippen molar-refractivity contribution in [3.63, 3.8) is 0 Å². The third-order valence-electron chi connectivity index (χ3n) is 5.03. The van der Waals surface area contributed by atoms with Gasteiger partial charge in [0.05, 0.1) is 18.1 Å². The second-order valence-electron chi connectivity index (χ2n) is 7.23. The van der Waals surface area contributed by atoms with Crippen LogP contribution in [-0.4, -0.2) is 75.5 Å². The van der Waals surface area contributed by atoms with Gasteiger partial charge < -0.3 is 10.1 Å². The molecule has 1 amide bonds. The van der Waals surface area contributed by atoms with Gasteiger partial charge in [0.25, 0.3) is 0 Å². The summed E-state index contributed by atoms with van der Waals surface area (Å²) in [6.07, 6.45) is 0.981. The Kier molecular flexibility index (Phi) is 8.88. The molecule has 158 valence electrons. The van der Waals surface area contributed by atoms with Crippen molar-refractivity contribution in [2.45, 2.75) is 44.6 Å². The Labute approximate surface area is 169 Å².